The van der Waals surface area contributed by atoms with Gasteiger partial charge >= 0.3 is 0 Å². The summed E-state index contributed by atoms with van der Waals surface area (Å²) < 4.78 is 0. The number of pyridine rings is 1. The summed E-state index contributed by atoms with van der Waals surface area (Å²) >= 11 is 0. The van der Waals surface area contributed by atoms with Crippen LogP contribution in [0.25, 0.3) is 77.7 Å². The van der Waals surface area contributed by atoms with Crippen LogP contribution in [0.5, 0.6) is 0 Å². The van der Waals surface area contributed by atoms with Gasteiger partial charge in [-0.2, -0.15) is 0 Å². The lowest BCUT2D eigenvalue weighted by Gasteiger charge is -2.22. The van der Waals surface area contributed by atoms with Gasteiger partial charge in [0, 0.05) is 34.5 Å². The molecular formula is C44H31N3. The van der Waals surface area contributed by atoms with Gasteiger partial charge in [-0.05, 0) is 79.2 Å². The highest BCUT2D eigenvalue weighted by Crippen LogP contribution is 2.52. The Balaban J connectivity index is 1.23. The van der Waals surface area contributed by atoms with Crippen LogP contribution < -0.4 is 0 Å². The van der Waals surface area contributed by atoms with Crippen LogP contribution in [0.4, 0.5) is 0 Å². The van der Waals surface area contributed by atoms with Crippen molar-refractivity contribution in [2.75, 3.05) is 0 Å². The smallest absolute Gasteiger partial charge is 0.160 e. The average molecular weight is 602 g/mol. The summed E-state index contributed by atoms with van der Waals surface area (Å²) in [5, 5.41) is 4.96. The average Bonchev–Trinajstić information content (AvgIpc) is 3.37. The second kappa shape index (κ2) is 10.6. The van der Waals surface area contributed by atoms with Gasteiger partial charge in [0.05, 0.1) is 11.4 Å². The van der Waals surface area contributed by atoms with E-state index in [9.17, 15) is 0 Å². The lowest BCUT2D eigenvalue weighted by molar-refractivity contribution is 0.661. The molecule has 0 unspecified atom stereocenters. The second-order valence-electron chi connectivity index (χ2n) is 12.9. The normalized spacial score (nSPS) is 13.1. The Morgan fingerprint density at radius 1 is 0.447 bits per heavy atom. The van der Waals surface area contributed by atoms with E-state index in [-0.39, 0.29) is 5.41 Å². The molecule has 0 atom stereocenters. The van der Waals surface area contributed by atoms with Crippen molar-refractivity contribution in [2.24, 2.45) is 0 Å². The molecule has 0 saturated heterocycles. The van der Waals surface area contributed by atoms with Gasteiger partial charge in [0.25, 0.3) is 0 Å². The molecule has 0 amide bonds. The molecule has 6 aromatic carbocycles. The van der Waals surface area contributed by atoms with E-state index in [1.165, 1.54) is 49.5 Å². The van der Waals surface area contributed by atoms with Crippen molar-refractivity contribution >= 4 is 21.5 Å². The molecule has 0 N–H and O–H groups in total. The number of nitrogens with zero attached hydrogens (tertiary/aromatic N) is 3. The number of hydrogen-bond acceptors (Lipinski definition) is 3. The van der Waals surface area contributed by atoms with Crippen LogP contribution in [0.15, 0.2) is 152 Å². The van der Waals surface area contributed by atoms with E-state index in [1.807, 2.05) is 42.7 Å². The number of rotatable bonds is 4. The van der Waals surface area contributed by atoms with Crippen molar-refractivity contribution in [3.05, 3.63) is 163 Å². The predicted molar refractivity (Wildman–Crippen MR) is 194 cm³/mol. The number of aromatic nitrogens is 3. The van der Waals surface area contributed by atoms with Crippen LogP contribution in [0.1, 0.15) is 25.0 Å². The number of fused-ring (bicyclic) bond motifs is 6. The molecule has 0 bridgehead atoms. The molecular weight excluding hydrogens is 571 g/mol. The third-order valence-corrected chi connectivity index (χ3v) is 9.81. The maximum atomic E-state index is 5.14. The summed E-state index contributed by atoms with van der Waals surface area (Å²) in [5.74, 6) is 0.704. The third kappa shape index (κ3) is 4.39. The monoisotopic (exact) mass is 601 g/mol. The Hall–Kier alpha value is -5.93. The highest BCUT2D eigenvalue weighted by molar-refractivity contribution is 6.07. The van der Waals surface area contributed by atoms with Crippen molar-refractivity contribution in [3.63, 3.8) is 0 Å². The highest BCUT2D eigenvalue weighted by Gasteiger charge is 2.36. The van der Waals surface area contributed by atoms with Crippen LogP contribution in [0.2, 0.25) is 0 Å². The summed E-state index contributed by atoms with van der Waals surface area (Å²) in [7, 11) is 0. The van der Waals surface area contributed by atoms with Gasteiger partial charge in [0.15, 0.2) is 5.82 Å². The van der Waals surface area contributed by atoms with Crippen molar-refractivity contribution < 1.29 is 0 Å². The molecule has 1 aliphatic carbocycles. The first-order valence-corrected chi connectivity index (χ1v) is 16.1. The van der Waals surface area contributed by atoms with Gasteiger partial charge in [-0.3, -0.25) is 4.98 Å². The zero-order valence-electron chi connectivity index (χ0n) is 26.3. The first kappa shape index (κ1) is 27.4. The van der Waals surface area contributed by atoms with Gasteiger partial charge in [-0.1, -0.05) is 129 Å². The first-order valence-electron chi connectivity index (χ1n) is 16.1. The fourth-order valence-corrected chi connectivity index (χ4v) is 7.44. The van der Waals surface area contributed by atoms with E-state index < -0.39 is 0 Å². The zero-order valence-corrected chi connectivity index (χ0v) is 26.3. The van der Waals surface area contributed by atoms with Gasteiger partial charge in [0.1, 0.15) is 0 Å². The molecule has 0 fully saturated rings. The number of benzene rings is 6. The summed E-state index contributed by atoms with van der Waals surface area (Å²) in [6, 6.07) is 49.9. The Bertz CT molecular complexity index is 2420. The van der Waals surface area contributed by atoms with Crippen LogP contribution in [0.3, 0.4) is 0 Å². The van der Waals surface area contributed by atoms with Crippen molar-refractivity contribution in [1.29, 1.82) is 0 Å². The first-order chi connectivity index (χ1) is 23.1. The lowest BCUT2D eigenvalue weighted by atomic mass is 9.81. The summed E-state index contributed by atoms with van der Waals surface area (Å²) in [6.45, 7) is 4.70. The molecule has 3 nitrogen and oxygen atoms in total. The molecule has 0 saturated carbocycles. The Morgan fingerprint density at radius 2 is 1.11 bits per heavy atom. The minimum atomic E-state index is -0.0604. The van der Waals surface area contributed by atoms with E-state index in [2.05, 4.69) is 128 Å². The SMILES string of the molecule is CC1(C)c2ccc(-c3ccc(-c4cc(-c5ccncc5)nc(-c5ccccc5)n4)c4ccccc34)cc2-c2c1ccc1ccccc21. The van der Waals surface area contributed by atoms with Gasteiger partial charge in [0.2, 0.25) is 0 Å². The van der Waals surface area contributed by atoms with Gasteiger partial charge < -0.3 is 0 Å². The van der Waals surface area contributed by atoms with E-state index in [0.29, 0.717) is 5.82 Å². The summed E-state index contributed by atoms with van der Waals surface area (Å²) in [4.78, 5) is 14.4. The number of hydrogen-bond donors (Lipinski definition) is 0. The third-order valence-electron chi connectivity index (χ3n) is 9.81. The topological polar surface area (TPSA) is 38.7 Å². The Morgan fingerprint density at radius 3 is 1.91 bits per heavy atom. The summed E-state index contributed by atoms with van der Waals surface area (Å²) in [6.07, 6.45) is 3.62. The Kier molecular flexibility index (Phi) is 6.16. The molecule has 47 heavy (non-hydrogen) atoms. The molecule has 222 valence electrons. The fraction of sp³-hybridized carbons (Fsp3) is 0.0682. The molecule has 2 heterocycles. The van der Waals surface area contributed by atoms with Crippen LogP contribution in [-0.4, -0.2) is 15.0 Å². The molecule has 0 aliphatic heterocycles. The van der Waals surface area contributed by atoms with E-state index in [4.69, 9.17) is 9.97 Å². The molecule has 9 rings (SSSR count). The van der Waals surface area contributed by atoms with Crippen molar-refractivity contribution in [1.82, 2.24) is 15.0 Å². The van der Waals surface area contributed by atoms with Crippen LogP contribution in [0, 0.1) is 0 Å². The highest BCUT2D eigenvalue weighted by atomic mass is 14.9. The predicted octanol–water partition coefficient (Wildman–Crippen LogP) is 11.2. The molecule has 2 aromatic heterocycles. The summed E-state index contributed by atoms with van der Waals surface area (Å²) in [5.41, 5.74) is 12.7. The second-order valence-corrected chi connectivity index (χ2v) is 12.9. The largest absolute Gasteiger partial charge is 0.265 e. The maximum Gasteiger partial charge on any atom is 0.160 e. The molecule has 0 radical (unpaired) electrons. The van der Waals surface area contributed by atoms with E-state index >= 15 is 0 Å². The molecule has 1 aliphatic rings. The fourth-order valence-electron chi connectivity index (χ4n) is 7.44. The van der Waals surface area contributed by atoms with E-state index in [1.54, 1.807) is 0 Å². The molecule has 8 aromatic rings. The van der Waals surface area contributed by atoms with Gasteiger partial charge in [-0.15, -0.1) is 0 Å². The van der Waals surface area contributed by atoms with Crippen LogP contribution >= 0.6 is 0 Å². The minimum Gasteiger partial charge on any atom is -0.265 e. The molecule has 3 heteroatoms. The standard InChI is InChI=1S/C44H31N3/c1-44(2)38-20-17-31(26-37(38)42-33-13-7-6-10-28(33)16-21-39(42)44)32-18-19-36(35-15-9-8-14-34(32)35)41-27-40(29-22-24-45-25-23-29)46-43(47-41)30-11-4-3-5-12-30/h3-27H,1-2H3. The van der Waals surface area contributed by atoms with Crippen molar-refractivity contribution in [2.45, 2.75) is 19.3 Å². The van der Waals surface area contributed by atoms with Crippen molar-refractivity contribution in [3.8, 4) is 56.2 Å². The quantitative estimate of drug-likeness (QED) is 0.201. The van der Waals surface area contributed by atoms with Gasteiger partial charge in [-0.25, -0.2) is 9.97 Å². The van der Waals surface area contributed by atoms with E-state index in [0.717, 1.165) is 33.5 Å². The lowest BCUT2D eigenvalue weighted by Crippen LogP contribution is -2.14. The maximum absolute atomic E-state index is 5.14. The minimum absolute atomic E-state index is 0.0604. The van der Waals surface area contributed by atoms with Crippen LogP contribution in [-0.2, 0) is 5.41 Å². The zero-order chi connectivity index (χ0) is 31.5. The Labute approximate surface area is 274 Å². The molecule has 0 spiro atoms.